The quantitative estimate of drug-likeness (QED) is 0.523. The number of rotatable bonds is 3. The Morgan fingerprint density at radius 1 is 1.31 bits per heavy atom. The van der Waals surface area contributed by atoms with Crippen molar-refractivity contribution in [3.8, 4) is 0 Å². The van der Waals surface area contributed by atoms with Crippen molar-refractivity contribution in [2.75, 3.05) is 0 Å². The van der Waals surface area contributed by atoms with E-state index in [1.807, 2.05) is 0 Å². The van der Waals surface area contributed by atoms with Crippen molar-refractivity contribution >= 4 is 17.8 Å². The molecule has 66 valence electrons. The highest BCUT2D eigenvalue weighted by Gasteiger charge is 2.12. The van der Waals surface area contributed by atoms with Crippen molar-refractivity contribution < 1.29 is 4.92 Å². The average Bonchev–Trinajstić information content (AvgIpc) is 2.16. The number of hydrogen-bond acceptors (Lipinski definition) is 2. The van der Waals surface area contributed by atoms with Gasteiger partial charge in [0, 0.05) is 6.07 Å². The lowest BCUT2D eigenvalue weighted by Gasteiger charge is -2.00. The molecule has 0 aromatic heterocycles. The van der Waals surface area contributed by atoms with Gasteiger partial charge in [-0.15, -0.1) is 0 Å². The maximum absolute atomic E-state index is 10.6. The fourth-order valence-corrected chi connectivity index (χ4v) is 1.13. The van der Waals surface area contributed by atoms with Crippen LogP contribution in [0.5, 0.6) is 0 Å². The highest BCUT2D eigenvalue weighted by Crippen LogP contribution is 2.23. The Hall–Kier alpha value is -1.90. The number of nitrogens with zero attached hydrogens (tertiary/aromatic N) is 1. The molecule has 1 aromatic rings. The van der Waals surface area contributed by atoms with Crippen LogP contribution in [0.15, 0.2) is 31.4 Å². The van der Waals surface area contributed by atoms with E-state index < -0.39 is 4.92 Å². The summed E-state index contributed by atoms with van der Waals surface area (Å²) in [7, 11) is 0. The van der Waals surface area contributed by atoms with Crippen molar-refractivity contribution in [1.29, 1.82) is 0 Å². The van der Waals surface area contributed by atoms with E-state index in [4.69, 9.17) is 0 Å². The second kappa shape index (κ2) is 3.67. The standard InChI is InChI=1S/C10H9NO2/c1-3-8-6-5-7-10(11(12)13)9(8)4-2/h3-7H,1-2H2. The van der Waals surface area contributed by atoms with Crippen molar-refractivity contribution in [2.24, 2.45) is 0 Å². The van der Waals surface area contributed by atoms with E-state index in [-0.39, 0.29) is 5.69 Å². The Labute approximate surface area is 76.2 Å². The molecule has 0 saturated carbocycles. The van der Waals surface area contributed by atoms with E-state index in [0.29, 0.717) is 5.56 Å². The zero-order valence-corrected chi connectivity index (χ0v) is 7.06. The molecule has 0 bridgehead atoms. The van der Waals surface area contributed by atoms with Gasteiger partial charge in [0.25, 0.3) is 5.69 Å². The summed E-state index contributed by atoms with van der Waals surface area (Å²) in [5.41, 5.74) is 1.30. The minimum Gasteiger partial charge on any atom is -0.258 e. The molecule has 0 atom stereocenters. The first kappa shape index (κ1) is 9.19. The van der Waals surface area contributed by atoms with Gasteiger partial charge in [-0.3, -0.25) is 10.1 Å². The molecule has 0 spiro atoms. The number of nitro benzene ring substituents is 1. The molecule has 13 heavy (non-hydrogen) atoms. The molecule has 0 aliphatic heterocycles. The summed E-state index contributed by atoms with van der Waals surface area (Å²) in [6.45, 7) is 7.10. The lowest BCUT2D eigenvalue weighted by Crippen LogP contribution is -1.92. The van der Waals surface area contributed by atoms with E-state index in [0.717, 1.165) is 5.56 Å². The summed E-state index contributed by atoms with van der Waals surface area (Å²) in [5.74, 6) is 0. The second-order valence-corrected chi connectivity index (χ2v) is 2.45. The van der Waals surface area contributed by atoms with Gasteiger partial charge in [-0.25, -0.2) is 0 Å². The minimum atomic E-state index is -0.427. The van der Waals surface area contributed by atoms with Crippen LogP contribution in [0.25, 0.3) is 12.2 Å². The minimum absolute atomic E-state index is 0.0624. The van der Waals surface area contributed by atoms with E-state index in [1.165, 1.54) is 12.1 Å². The van der Waals surface area contributed by atoms with E-state index >= 15 is 0 Å². The third kappa shape index (κ3) is 1.64. The van der Waals surface area contributed by atoms with Crippen LogP contribution in [-0.2, 0) is 0 Å². The van der Waals surface area contributed by atoms with Crippen LogP contribution in [0.4, 0.5) is 5.69 Å². The van der Waals surface area contributed by atoms with Crippen LogP contribution in [0.1, 0.15) is 11.1 Å². The van der Waals surface area contributed by atoms with Gasteiger partial charge < -0.3 is 0 Å². The first-order valence-corrected chi connectivity index (χ1v) is 3.73. The van der Waals surface area contributed by atoms with Crippen LogP contribution in [0, 0.1) is 10.1 Å². The van der Waals surface area contributed by atoms with Gasteiger partial charge in [-0.2, -0.15) is 0 Å². The highest BCUT2D eigenvalue weighted by molar-refractivity contribution is 5.70. The van der Waals surface area contributed by atoms with E-state index in [1.54, 1.807) is 18.2 Å². The summed E-state index contributed by atoms with van der Waals surface area (Å²) < 4.78 is 0. The Morgan fingerprint density at radius 3 is 2.46 bits per heavy atom. The van der Waals surface area contributed by atoms with Crippen molar-refractivity contribution in [1.82, 2.24) is 0 Å². The lowest BCUT2D eigenvalue weighted by molar-refractivity contribution is -0.385. The summed E-state index contributed by atoms with van der Waals surface area (Å²) in [6.07, 6.45) is 3.04. The smallest absolute Gasteiger partial charge is 0.258 e. The normalized spacial score (nSPS) is 9.23. The molecular formula is C10H9NO2. The lowest BCUT2D eigenvalue weighted by atomic mass is 10.1. The van der Waals surface area contributed by atoms with Crippen molar-refractivity contribution in [2.45, 2.75) is 0 Å². The Morgan fingerprint density at radius 2 is 2.00 bits per heavy atom. The third-order valence-corrected chi connectivity index (χ3v) is 1.74. The average molecular weight is 175 g/mol. The number of nitro groups is 1. The molecule has 0 unspecified atom stereocenters. The molecule has 1 aromatic carbocycles. The van der Waals surface area contributed by atoms with Crippen LogP contribution in [-0.4, -0.2) is 4.92 Å². The zero-order valence-electron chi connectivity index (χ0n) is 7.06. The van der Waals surface area contributed by atoms with Gasteiger partial charge in [0.2, 0.25) is 0 Å². The molecule has 1 rings (SSSR count). The Balaban J connectivity index is 3.43. The van der Waals surface area contributed by atoms with Gasteiger partial charge >= 0.3 is 0 Å². The fourth-order valence-electron chi connectivity index (χ4n) is 1.13. The number of benzene rings is 1. The van der Waals surface area contributed by atoms with Crippen molar-refractivity contribution in [3.05, 3.63) is 52.6 Å². The molecule has 0 aliphatic rings. The SMILES string of the molecule is C=Cc1cccc([N+](=O)[O-])c1C=C. The Kier molecular flexibility index (Phi) is 2.59. The largest absolute Gasteiger partial charge is 0.277 e. The van der Waals surface area contributed by atoms with Gasteiger partial charge in [0.05, 0.1) is 10.5 Å². The first-order chi connectivity index (χ1) is 6.20. The zero-order chi connectivity index (χ0) is 9.84. The predicted octanol–water partition coefficient (Wildman–Crippen LogP) is 2.88. The molecule has 0 aliphatic carbocycles. The Bertz CT molecular complexity index is 369. The monoisotopic (exact) mass is 175 g/mol. The molecule has 3 nitrogen and oxygen atoms in total. The summed E-state index contributed by atoms with van der Waals surface area (Å²) in [6, 6.07) is 4.84. The predicted molar refractivity (Wildman–Crippen MR) is 53.3 cm³/mol. The summed E-state index contributed by atoms with van der Waals surface area (Å²) in [5, 5.41) is 10.6. The fraction of sp³-hybridized carbons (Fsp3) is 0. The highest BCUT2D eigenvalue weighted by atomic mass is 16.6. The maximum Gasteiger partial charge on any atom is 0.277 e. The van der Waals surface area contributed by atoms with Crippen molar-refractivity contribution in [3.63, 3.8) is 0 Å². The topological polar surface area (TPSA) is 43.1 Å². The third-order valence-electron chi connectivity index (χ3n) is 1.74. The molecule has 0 N–H and O–H groups in total. The molecule has 3 heteroatoms. The van der Waals surface area contributed by atoms with Gasteiger partial charge in [-0.1, -0.05) is 37.4 Å². The molecule has 0 radical (unpaired) electrons. The second-order valence-electron chi connectivity index (χ2n) is 2.45. The maximum atomic E-state index is 10.6. The summed E-state index contributed by atoms with van der Waals surface area (Å²) in [4.78, 5) is 10.1. The molecule has 0 amide bonds. The molecule has 0 fully saturated rings. The van der Waals surface area contributed by atoms with Crippen LogP contribution in [0.3, 0.4) is 0 Å². The van der Waals surface area contributed by atoms with E-state index in [9.17, 15) is 10.1 Å². The van der Waals surface area contributed by atoms with Crippen LogP contribution >= 0.6 is 0 Å². The summed E-state index contributed by atoms with van der Waals surface area (Å²) >= 11 is 0. The van der Waals surface area contributed by atoms with Gasteiger partial charge in [0.15, 0.2) is 0 Å². The molecular weight excluding hydrogens is 166 g/mol. The van der Waals surface area contributed by atoms with Crippen LogP contribution in [0.2, 0.25) is 0 Å². The van der Waals surface area contributed by atoms with Gasteiger partial charge in [0.1, 0.15) is 0 Å². The molecule has 0 heterocycles. The molecule has 0 saturated heterocycles. The van der Waals surface area contributed by atoms with E-state index in [2.05, 4.69) is 13.2 Å². The number of hydrogen-bond donors (Lipinski definition) is 0. The first-order valence-electron chi connectivity index (χ1n) is 3.73. The van der Waals surface area contributed by atoms with Crippen LogP contribution < -0.4 is 0 Å². The van der Waals surface area contributed by atoms with Gasteiger partial charge in [-0.05, 0) is 5.56 Å².